The van der Waals surface area contributed by atoms with Crippen LogP contribution in [0.25, 0.3) is 0 Å². The fourth-order valence-electron chi connectivity index (χ4n) is 3.51. The summed E-state index contributed by atoms with van der Waals surface area (Å²) in [6, 6.07) is 5.69. The molecule has 1 aliphatic heterocycles. The standard InChI is InChI=1S/C18H23FN4O/c1-13-10-21-22(11-13)12-16-4-2-3-9-23(16)17(18(20)24)14-5-7-15(19)8-6-14/h5-8,10-11,16-17H,2-4,9,12H2,1H3,(H2,20,24)/t16-,17-/m1/s1. The average molecular weight is 330 g/mol. The number of halogens is 1. The number of amides is 1. The largest absolute Gasteiger partial charge is 0.368 e. The van der Waals surface area contributed by atoms with Crippen LogP contribution in [-0.2, 0) is 11.3 Å². The zero-order valence-corrected chi connectivity index (χ0v) is 13.9. The molecule has 0 spiro atoms. The molecule has 1 aliphatic rings. The van der Waals surface area contributed by atoms with E-state index in [9.17, 15) is 9.18 Å². The second-order valence-corrected chi connectivity index (χ2v) is 6.48. The maximum atomic E-state index is 13.2. The molecule has 3 rings (SSSR count). The van der Waals surface area contributed by atoms with Gasteiger partial charge in [0.05, 0.1) is 12.7 Å². The molecule has 24 heavy (non-hydrogen) atoms. The van der Waals surface area contributed by atoms with Crippen LogP contribution >= 0.6 is 0 Å². The molecule has 0 saturated carbocycles. The minimum Gasteiger partial charge on any atom is -0.368 e. The van der Waals surface area contributed by atoms with Gasteiger partial charge in [-0.3, -0.25) is 14.4 Å². The Balaban J connectivity index is 1.85. The summed E-state index contributed by atoms with van der Waals surface area (Å²) >= 11 is 0. The summed E-state index contributed by atoms with van der Waals surface area (Å²) in [5, 5.41) is 4.36. The Morgan fingerprint density at radius 2 is 2.12 bits per heavy atom. The number of aromatic nitrogens is 2. The number of benzene rings is 1. The summed E-state index contributed by atoms with van der Waals surface area (Å²) in [7, 11) is 0. The number of nitrogens with two attached hydrogens (primary N) is 1. The molecule has 0 aliphatic carbocycles. The van der Waals surface area contributed by atoms with Crippen LogP contribution < -0.4 is 5.73 Å². The second-order valence-electron chi connectivity index (χ2n) is 6.48. The third-order valence-electron chi connectivity index (χ3n) is 4.62. The lowest BCUT2D eigenvalue weighted by Gasteiger charge is -2.40. The normalized spacial score (nSPS) is 20.0. The van der Waals surface area contributed by atoms with Crippen LogP contribution in [0.4, 0.5) is 4.39 Å². The molecule has 1 aromatic heterocycles. The average Bonchev–Trinajstić information content (AvgIpc) is 2.96. The highest BCUT2D eigenvalue weighted by Crippen LogP contribution is 2.29. The molecule has 1 fully saturated rings. The van der Waals surface area contributed by atoms with Gasteiger partial charge in [-0.15, -0.1) is 0 Å². The zero-order valence-electron chi connectivity index (χ0n) is 13.9. The van der Waals surface area contributed by atoms with Crippen LogP contribution in [0.15, 0.2) is 36.7 Å². The van der Waals surface area contributed by atoms with Crippen molar-refractivity contribution in [1.82, 2.24) is 14.7 Å². The van der Waals surface area contributed by atoms with E-state index < -0.39 is 11.9 Å². The van der Waals surface area contributed by atoms with Gasteiger partial charge < -0.3 is 5.73 Å². The number of hydrogen-bond donors (Lipinski definition) is 1. The first kappa shape index (κ1) is 16.6. The van der Waals surface area contributed by atoms with Gasteiger partial charge in [0.15, 0.2) is 0 Å². The molecule has 1 amide bonds. The van der Waals surface area contributed by atoms with Crippen molar-refractivity contribution in [2.45, 2.75) is 44.8 Å². The van der Waals surface area contributed by atoms with Gasteiger partial charge in [0.1, 0.15) is 11.9 Å². The Bertz CT molecular complexity index is 697. The number of piperidine rings is 1. The van der Waals surface area contributed by atoms with E-state index >= 15 is 0 Å². The summed E-state index contributed by atoms with van der Waals surface area (Å²) in [5.41, 5.74) is 7.56. The van der Waals surface area contributed by atoms with Crippen molar-refractivity contribution < 1.29 is 9.18 Å². The lowest BCUT2D eigenvalue weighted by Crippen LogP contribution is -2.48. The van der Waals surface area contributed by atoms with Gasteiger partial charge in [0, 0.05) is 12.2 Å². The summed E-state index contributed by atoms with van der Waals surface area (Å²) in [6.07, 6.45) is 6.97. The van der Waals surface area contributed by atoms with Crippen LogP contribution in [0.3, 0.4) is 0 Å². The van der Waals surface area contributed by atoms with E-state index in [1.807, 2.05) is 24.0 Å². The summed E-state index contributed by atoms with van der Waals surface area (Å²) in [6.45, 7) is 3.53. The zero-order chi connectivity index (χ0) is 17.1. The lowest BCUT2D eigenvalue weighted by atomic mass is 9.95. The SMILES string of the molecule is Cc1cnn(C[C@H]2CCCCN2[C@@H](C(N)=O)c2ccc(F)cc2)c1. The summed E-state index contributed by atoms with van der Waals surface area (Å²) < 4.78 is 15.1. The van der Waals surface area contributed by atoms with E-state index in [0.29, 0.717) is 0 Å². The minimum atomic E-state index is -0.535. The van der Waals surface area contributed by atoms with Crippen LogP contribution in [-0.4, -0.2) is 33.2 Å². The smallest absolute Gasteiger partial charge is 0.239 e. The van der Waals surface area contributed by atoms with Gasteiger partial charge in [0.25, 0.3) is 0 Å². The molecular formula is C18H23FN4O. The summed E-state index contributed by atoms with van der Waals surface area (Å²) in [5.74, 6) is -0.714. The molecule has 1 aromatic carbocycles. The van der Waals surface area contributed by atoms with Crippen molar-refractivity contribution in [3.63, 3.8) is 0 Å². The lowest BCUT2D eigenvalue weighted by molar-refractivity contribution is -0.125. The highest BCUT2D eigenvalue weighted by atomic mass is 19.1. The molecule has 2 heterocycles. The number of hydrogen-bond acceptors (Lipinski definition) is 3. The van der Waals surface area contributed by atoms with Gasteiger partial charge in [-0.25, -0.2) is 4.39 Å². The number of aryl methyl sites for hydroxylation is 1. The highest BCUT2D eigenvalue weighted by Gasteiger charge is 2.33. The first-order valence-corrected chi connectivity index (χ1v) is 8.34. The highest BCUT2D eigenvalue weighted by molar-refractivity contribution is 5.81. The Hall–Kier alpha value is -2.21. The number of carbonyl (C=O) groups is 1. The van der Waals surface area contributed by atoms with Gasteiger partial charge in [-0.1, -0.05) is 18.6 Å². The quantitative estimate of drug-likeness (QED) is 0.916. The van der Waals surface area contributed by atoms with Crippen molar-refractivity contribution in [2.24, 2.45) is 5.73 Å². The van der Waals surface area contributed by atoms with Crippen molar-refractivity contribution >= 4 is 5.91 Å². The molecule has 0 unspecified atom stereocenters. The fourth-order valence-corrected chi connectivity index (χ4v) is 3.51. The van der Waals surface area contributed by atoms with Gasteiger partial charge in [-0.2, -0.15) is 5.10 Å². The molecule has 2 aromatic rings. The van der Waals surface area contributed by atoms with Crippen LogP contribution in [0.5, 0.6) is 0 Å². The van der Waals surface area contributed by atoms with E-state index in [-0.39, 0.29) is 11.9 Å². The molecule has 2 atom stereocenters. The number of likely N-dealkylation sites (tertiary alicyclic amines) is 1. The van der Waals surface area contributed by atoms with Crippen molar-refractivity contribution in [2.75, 3.05) is 6.54 Å². The molecule has 2 N–H and O–H groups in total. The number of rotatable bonds is 5. The van der Waals surface area contributed by atoms with Gasteiger partial charge in [0.2, 0.25) is 5.91 Å². The van der Waals surface area contributed by atoms with Crippen molar-refractivity contribution in [1.29, 1.82) is 0 Å². The van der Waals surface area contributed by atoms with Gasteiger partial charge >= 0.3 is 0 Å². The van der Waals surface area contributed by atoms with E-state index in [2.05, 4.69) is 10.00 Å². The molecule has 128 valence electrons. The van der Waals surface area contributed by atoms with Gasteiger partial charge in [-0.05, 0) is 49.6 Å². The molecule has 6 heteroatoms. The Morgan fingerprint density at radius 1 is 1.38 bits per heavy atom. The van der Waals surface area contributed by atoms with Crippen molar-refractivity contribution in [3.8, 4) is 0 Å². The first-order chi connectivity index (χ1) is 11.5. The Labute approximate surface area is 141 Å². The summed E-state index contributed by atoms with van der Waals surface area (Å²) in [4.78, 5) is 14.3. The maximum absolute atomic E-state index is 13.2. The Morgan fingerprint density at radius 3 is 2.75 bits per heavy atom. The van der Waals surface area contributed by atoms with Crippen molar-refractivity contribution in [3.05, 3.63) is 53.6 Å². The Kier molecular flexibility index (Phi) is 4.94. The number of primary amides is 1. The van der Waals surface area contributed by atoms with E-state index in [4.69, 9.17) is 5.73 Å². The van der Waals surface area contributed by atoms with E-state index in [1.165, 1.54) is 12.1 Å². The molecule has 5 nitrogen and oxygen atoms in total. The molecule has 1 saturated heterocycles. The maximum Gasteiger partial charge on any atom is 0.239 e. The van der Waals surface area contributed by atoms with Crippen LogP contribution in [0, 0.1) is 12.7 Å². The molecular weight excluding hydrogens is 307 g/mol. The fraction of sp³-hybridized carbons (Fsp3) is 0.444. The first-order valence-electron chi connectivity index (χ1n) is 8.34. The van der Waals surface area contributed by atoms with Crippen LogP contribution in [0.1, 0.15) is 36.4 Å². The topological polar surface area (TPSA) is 64.2 Å². The molecule has 0 radical (unpaired) electrons. The van der Waals surface area contributed by atoms with E-state index in [1.54, 1.807) is 12.1 Å². The number of nitrogens with zero attached hydrogens (tertiary/aromatic N) is 3. The minimum absolute atomic E-state index is 0.181. The predicted molar refractivity (Wildman–Crippen MR) is 89.6 cm³/mol. The third kappa shape index (κ3) is 3.64. The number of carbonyl (C=O) groups excluding carboxylic acids is 1. The third-order valence-corrected chi connectivity index (χ3v) is 4.62. The van der Waals surface area contributed by atoms with Crippen LogP contribution in [0.2, 0.25) is 0 Å². The second kappa shape index (κ2) is 7.13. The van der Waals surface area contributed by atoms with E-state index in [0.717, 1.165) is 43.5 Å². The predicted octanol–water partition coefficient (Wildman–Crippen LogP) is 2.41. The monoisotopic (exact) mass is 330 g/mol. The molecule has 0 bridgehead atoms.